The number of hydrogen-bond acceptors (Lipinski definition) is 4. The number of ether oxygens (including phenoxy) is 1. The van der Waals surface area contributed by atoms with Crippen LogP contribution in [0.25, 0.3) is 0 Å². The Morgan fingerprint density at radius 1 is 1.09 bits per heavy atom. The van der Waals surface area contributed by atoms with Crippen LogP contribution in [0.4, 0.5) is 11.4 Å². The summed E-state index contributed by atoms with van der Waals surface area (Å²) in [6.07, 6.45) is 0. The molecule has 0 atom stereocenters. The maximum atomic E-state index is 11.9. The van der Waals surface area contributed by atoms with Crippen LogP contribution in [0.15, 0.2) is 53.0 Å². The monoisotopic (exact) mass is 362 g/mol. The first-order chi connectivity index (χ1) is 10.6. The Morgan fingerprint density at radius 2 is 1.82 bits per heavy atom. The van der Waals surface area contributed by atoms with Crippen molar-refractivity contribution in [2.24, 2.45) is 0 Å². The van der Waals surface area contributed by atoms with E-state index in [2.05, 4.69) is 31.3 Å². The SMILES string of the molecule is COC(=O)c1ccc(NCC(=O)Nc2cccc(Br)c2)cc1. The lowest BCUT2D eigenvalue weighted by Crippen LogP contribution is -2.21. The smallest absolute Gasteiger partial charge is 0.337 e. The molecule has 6 heteroatoms. The van der Waals surface area contributed by atoms with Gasteiger partial charge in [0.05, 0.1) is 19.2 Å². The highest BCUT2D eigenvalue weighted by atomic mass is 79.9. The summed E-state index contributed by atoms with van der Waals surface area (Å²) in [5.74, 6) is -0.547. The normalized spacial score (nSPS) is 9.91. The number of esters is 1. The molecule has 0 heterocycles. The van der Waals surface area contributed by atoms with Gasteiger partial charge in [-0.3, -0.25) is 4.79 Å². The lowest BCUT2D eigenvalue weighted by Gasteiger charge is -2.08. The molecular formula is C16H15BrN2O3. The number of hydrogen-bond donors (Lipinski definition) is 2. The largest absolute Gasteiger partial charge is 0.465 e. The molecule has 2 aromatic carbocycles. The Labute approximate surface area is 136 Å². The minimum atomic E-state index is -0.390. The zero-order chi connectivity index (χ0) is 15.9. The second-order valence-corrected chi connectivity index (χ2v) is 5.40. The Bertz CT molecular complexity index is 671. The molecule has 2 N–H and O–H groups in total. The Hall–Kier alpha value is -2.34. The zero-order valence-electron chi connectivity index (χ0n) is 11.9. The molecule has 5 nitrogen and oxygen atoms in total. The maximum absolute atomic E-state index is 11.9. The molecule has 0 aliphatic carbocycles. The number of nitrogens with one attached hydrogen (secondary N) is 2. The zero-order valence-corrected chi connectivity index (χ0v) is 13.5. The van der Waals surface area contributed by atoms with E-state index in [9.17, 15) is 9.59 Å². The number of anilines is 2. The summed E-state index contributed by atoms with van der Waals surface area (Å²) in [6.45, 7) is 0.129. The summed E-state index contributed by atoms with van der Waals surface area (Å²) in [5.41, 5.74) is 1.94. The summed E-state index contributed by atoms with van der Waals surface area (Å²) in [5, 5.41) is 5.77. The third kappa shape index (κ3) is 4.60. The number of benzene rings is 2. The van der Waals surface area contributed by atoms with Crippen LogP contribution >= 0.6 is 15.9 Å². The number of carbonyl (C=O) groups is 2. The highest BCUT2D eigenvalue weighted by Gasteiger charge is 2.05. The molecule has 0 bridgehead atoms. The minimum Gasteiger partial charge on any atom is -0.465 e. The van der Waals surface area contributed by atoms with E-state index in [0.29, 0.717) is 5.56 Å². The molecule has 0 aliphatic heterocycles. The molecule has 0 saturated heterocycles. The molecule has 0 radical (unpaired) electrons. The van der Waals surface area contributed by atoms with Crippen LogP contribution < -0.4 is 10.6 Å². The fourth-order valence-corrected chi connectivity index (χ4v) is 2.20. The molecule has 1 amide bonds. The Morgan fingerprint density at radius 3 is 2.45 bits per heavy atom. The quantitative estimate of drug-likeness (QED) is 0.800. The van der Waals surface area contributed by atoms with E-state index in [4.69, 9.17) is 0 Å². The Kier molecular flexibility index (Phi) is 5.55. The van der Waals surface area contributed by atoms with Crippen LogP contribution in [0.2, 0.25) is 0 Å². The van der Waals surface area contributed by atoms with Crippen molar-refractivity contribution in [1.29, 1.82) is 0 Å². The summed E-state index contributed by atoms with van der Waals surface area (Å²) in [6, 6.07) is 14.1. The van der Waals surface area contributed by atoms with Crippen molar-refractivity contribution < 1.29 is 14.3 Å². The molecule has 0 saturated carbocycles. The van der Waals surface area contributed by atoms with E-state index in [1.165, 1.54) is 7.11 Å². The van der Waals surface area contributed by atoms with E-state index >= 15 is 0 Å². The van der Waals surface area contributed by atoms with E-state index in [0.717, 1.165) is 15.8 Å². The second kappa shape index (κ2) is 7.61. The fraction of sp³-hybridized carbons (Fsp3) is 0.125. The van der Waals surface area contributed by atoms with Crippen molar-refractivity contribution in [3.05, 3.63) is 58.6 Å². The van der Waals surface area contributed by atoms with Gasteiger partial charge in [0.1, 0.15) is 0 Å². The third-order valence-corrected chi connectivity index (χ3v) is 3.36. The van der Waals surface area contributed by atoms with Gasteiger partial charge < -0.3 is 15.4 Å². The predicted molar refractivity (Wildman–Crippen MR) is 89.0 cm³/mol. The van der Waals surface area contributed by atoms with E-state index in [-0.39, 0.29) is 18.4 Å². The van der Waals surface area contributed by atoms with Crippen LogP contribution in [-0.2, 0) is 9.53 Å². The van der Waals surface area contributed by atoms with Crippen LogP contribution in [0.3, 0.4) is 0 Å². The molecular weight excluding hydrogens is 348 g/mol. The Balaban J connectivity index is 1.87. The van der Waals surface area contributed by atoms with E-state index in [1.807, 2.05) is 24.3 Å². The molecule has 0 fully saturated rings. The standard InChI is InChI=1S/C16H15BrN2O3/c1-22-16(21)11-5-7-13(8-6-11)18-10-15(20)19-14-4-2-3-12(17)9-14/h2-9,18H,10H2,1H3,(H,19,20). The van der Waals surface area contributed by atoms with Crippen LogP contribution in [0, 0.1) is 0 Å². The van der Waals surface area contributed by atoms with Crippen LogP contribution in [0.1, 0.15) is 10.4 Å². The van der Waals surface area contributed by atoms with Gasteiger partial charge in [-0.1, -0.05) is 22.0 Å². The molecule has 0 unspecified atom stereocenters. The molecule has 2 rings (SSSR count). The number of rotatable bonds is 5. The van der Waals surface area contributed by atoms with E-state index < -0.39 is 0 Å². The van der Waals surface area contributed by atoms with Gasteiger partial charge in [-0.05, 0) is 42.5 Å². The maximum Gasteiger partial charge on any atom is 0.337 e. The average molecular weight is 363 g/mol. The van der Waals surface area contributed by atoms with E-state index in [1.54, 1.807) is 24.3 Å². The van der Waals surface area contributed by atoms with Gasteiger partial charge in [0.25, 0.3) is 0 Å². The topological polar surface area (TPSA) is 67.4 Å². The number of halogens is 1. The first-order valence-electron chi connectivity index (χ1n) is 6.56. The molecule has 0 aliphatic rings. The molecule has 114 valence electrons. The first kappa shape index (κ1) is 16.0. The number of carbonyl (C=O) groups excluding carboxylic acids is 2. The summed E-state index contributed by atoms with van der Waals surface area (Å²) in [4.78, 5) is 23.2. The van der Waals surface area contributed by atoms with Crippen molar-refractivity contribution in [2.75, 3.05) is 24.3 Å². The van der Waals surface area contributed by atoms with Gasteiger partial charge in [-0.2, -0.15) is 0 Å². The van der Waals surface area contributed by atoms with Crippen molar-refractivity contribution in [3.63, 3.8) is 0 Å². The number of amides is 1. The van der Waals surface area contributed by atoms with Crippen LogP contribution in [0.5, 0.6) is 0 Å². The molecule has 0 spiro atoms. The van der Waals surface area contributed by atoms with Crippen molar-refractivity contribution >= 4 is 39.2 Å². The summed E-state index contributed by atoms with van der Waals surface area (Å²) in [7, 11) is 1.33. The minimum absolute atomic E-state index is 0.129. The van der Waals surface area contributed by atoms with Crippen molar-refractivity contribution in [3.8, 4) is 0 Å². The predicted octanol–water partition coefficient (Wildman–Crippen LogP) is 3.29. The first-order valence-corrected chi connectivity index (χ1v) is 7.35. The van der Waals surface area contributed by atoms with Crippen LogP contribution in [-0.4, -0.2) is 25.5 Å². The average Bonchev–Trinajstić information content (AvgIpc) is 2.52. The van der Waals surface area contributed by atoms with Gasteiger partial charge >= 0.3 is 5.97 Å². The van der Waals surface area contributed by atoms with Crippen molar-refractivity contribution in [1.82, 2.24) is 0 Å². The third-order valence-electron chi connectivity index (χ3n) is 2.87. The molecule has 2 aromatic rings. The highest BCUT2D eigenvalue weighted by molar-refractivity contribution is 9.10. The number of methoxy groups -OCH3 is 1. The molecule has 0 aromatic heterocycles. The van der Waals surface area contributed by atoms with Gasteiger partial charge in [0, 0.05) is 15.8 Å². The van der Waals surface area contributed by atoms with Crippen molar-refractivity contribution in [2.45, 2.75) is 0 Å². The van der Waals surface area contributed by atoms with Gasteiger partial charge in [0.2, 0.25) is 5.91 Å². The highest BCUT2D eigenvalue weighted by Crippen LogP contribution is 2.15. The summed E-state index contributed by atoms with van der Waals surface area (Å²) < 4.78 is 5.52. The lowest BCUT2D eigenvalue weighted by atomic mass is 10.2. The lowest BCUT2D eigenvalue weighted by molar-refractivity contribution is -0.114. The van der Waals surface area contributed by atoms with Gasteiger partial charge in [-0.15, -0.1) is 0 Å². The fourth-order valence-electron chi connectivity index (χ4n) is 1.80. The summed E-state index contributed by atoms with van der Waals surface area (Å²) >= 11 is 3.35. The van der Waals surface area contributed by atoms with Gasteiger partial charge in [0.15, 0.2) is 0 Å². The van der Waals surface area contributed by atoms with Gasteiger partial charge in [-0.25, -0.2) is 4.79 Å². The molecule has 22 heavy (non-hydrogen) atoms. The second-order valence-electron chi connectivity index (χ2n) is 4.48.